The van der Waals surface area contributed by atoms with Crippen LogP contribution in [0.3, 0.4) is 0 Å². The minimum Gasteiger partial charge on any atom is -0.481 e. The van der Waals surface area contributed by atoms with E-state index in [1.807, 2.05) is 60.7 Å². The molecule has 0 aliphatic rings. The SMILES string of the molecule is COC(=O)C(Oc1nc(C)cc(OC)n1)C(OC)(c1ccccc1)c1ccccc1. The van der Waals surface area contributed by atoms with Crippen LogP contribution in [0.1, 0.15) is 16.8 Å². The lowest BCUT2D eigenvalue weighted by atomic mass is 9.81. The van der Waals surface area contributed by atoms with Crippen molar-refractivity contribution >= 4 is 5.97 Å². The maximum Gasteiger partial charge on any atom is 0.351 e. The number of ether oxygens (including phenoxy) is 4. The summed E-state index contributed by atoms with van der Waals surface area (Å²) in [5.41, 5.74) is 0.751. The molecule has 7 heteroatoms. The highest BCUT2D eigenvalue weighted by molar-refractivity contribution is 5.78. The number of rotatable bonds is 8. The third kappa shape index (κ3) is 4.11. The topological polar surface area (TPSA) is 79.8 Å². The van der Waals surface area contributed by atoms with Crippen molar-refractivity contribution in [2.45, 2.75) is 18.6 Å². The zero-order valence-corrected chi connectivity index (χ0v) is 17.4. The van der Waals surface area contributed by atoms with Crippen LogP contribution in [-0.2, 0) is 19.9 Å². The van der Waals surface area contributed by atoms with Crippen LogP contribution in [0.2, 0.25) is 0 Å². The predicted molar refractivity (Wildman–Crippen MR) is 110 cm³/mol. The van der Waals surface area contributed by atoms with Gasteiger partial charge in [-0.15, -0.1) is 0 Å². The fourth-order valence-electron chi connectivity index (χ4n) is 3.36. The van der Waals surface area contributed by atoms with Crippen molar-refractivity contribution in [3.63, 3.8) is 0 Å². The number of carbonyl (C=O) groups is 1. The van der Waals surface area contributed by atoms with Crippen molar-refractivity contribution in [3.05, 3.63) is 83.6 Å². The van der Waals surface area contributed by atoms with E-state index in [9.17, 15) is 4.79 Å². The summed E-state index contributed by atoms with van der Waals surface area (Å²) in [5, 5.41) is 0. The molecule has 0 aliphatic carbocycles. The van der Waals surface area contributed by atoms with Gasteiger partial charge in [0.2, 0.25) is 12.0 Å². The van der Waals surface area contributed by atoms with Crippen LogP contribution in [0.15, 0.2) is 66.7 Å². The fraction of sp³-hybridized carbons (Fsp3) is 0.261. The second-order valence-corrected chi connectivity index (χ2v) is 6.53. The van der Waals surface area contributed by atoms with Crippen LogP contribution in [0, 0.1) is 6.92 Å². The molecule has 1 aromatic heterocycles. The molecule has 0 N–H and O–H groups in total. The summed E-state index contributed by atoms with van der Waals surface area (Å²) in [6.45, 7) is 1.78. The molecule has 0 bridgehead atoms. The lowest BCUT2D eigenvalue weighted by Gasteiger charge is -2.38. The van der Waals surface area contributed by atoms with Crippen LogP contribution < -0.4 is 9.47 Å². The van der Waals surface area contributed by atoms with E-state index in [0.29, 0.717) is 22.7 Å². The van der Waals surface area contributed by atoms with Crippen molar-refractivity contribution < 1.29 is 23.7 Å². The number of benzene rings is 2. The van der Waals surface area contributed by atoms with E-state index in [1.54, 1.807) is 13.0 Å². The Morgan fingerprint density at radius 1 is 0.900 bits per heavy atom. The standard InChI is InChI=1S/C23H24N2O5/c1-16-15-19(27-2)25-22(24-16)30-20(21(26)28-3)23(29-4,17-11-7-5-8-12-17)18-13-9-6-10-14-18/h5-15,20H,1-4H3. The average Bonchev–Trinajstić information content (AvgIpc) is 2.79. The van der Waals surface area contributed by atoms with Crippen LogP contribution in [-0.4, -0.2) is 43.4 Å². The number of esters is 1. The zero-order chi connectivity index (χ0) is 21.6. The second-order valence-electron chi connectivity index (χ2n) is 6.53. The van der Waals surface area contributed by atoms with E-state index in [2.05, 4.69) is 9.97 Å². The predicted octanol–water partition coefficient (Wildman–Crippen LogP) is 3.30. The molecule has 0 saturated carbocycles. The van der Waals surface area contributed by atoms with Crippen LogP contribution >= 0.6 is 0 Å². The molecule has 1 heterocycles. The Labute approximate surface area is 175 Å². The minimum absolute atomic E-state index is 0.0180. The number of aryl methyl sites for hydroxylation is 1. The largest absolute Gasteiger partial charge is 0.481 e. The summed E-state index contributed by atoms with van der Waals surface area (Å²) >= 11 is 0. The molecule has 3 aromatic rings. The number of carbonyl (C=O) groups excluding carboxylic acids is 1. The highest BCUT2D eigenvalue weighted by atomic mass is 16.6. The summed E-state index contributed by atoms with van der Waals surface area (Å²) in [7, 11) is 4.32. The van der Waals surface area contributed by atoms with Crippen molar-refractivity contribution in [1.29, 1.82) is 0 Å². The minimum atomic E-state index is -1.31. The van der Waals surface area contributed by atoms with E-state index in [0.717, 1.165) is 0 Å². The normalized spacial score (nSPS) is 12.1. The van der Waals surface area contributed by atoms with Crippen LogP contribution in [0.25, 0.3) is 0 Å². The third-order valence-corrected chi connectivity index (χ3v) is 4.75. The summed E-state index contributed by atoms with van der Waals surface area (Å²) in [4.78, 5) is 21.5. The van der Waals surface area contributed by atoms with Gasteiger partial charge in [0.25, 0.3) is 0 Å². The lowest BCUT2D eigenvalue weighted by molar-refractivity contribution is -0.164. The van der Waals surface area contributed by atoms with Gasteiger partial charge in [-0.2, -0.15) is 4.98 Å². The molecule has 0 fully saturated rings. The van der Waals surface area contributed by atoms with E-state index < -0.39 is 17.7 Å². The number of methoxy groups -OCH3 is 3. The molecule has 0 radical (unpaired) electrons. The molecule has 1 atom stereocenters. The van der Waals surface area contributed by atoms with Crippen molar-refractivity contribution in [2.75, 3.05) is 21.3 Å². The monoisotopic (exact) mass is 408 g/mol. The molecular formula is C23H24N2O5. The first-order chi connectivity index (χ1) is 14.5. The summed E-state index contributed by atoms with van der Waals surface area (Å²) in [6, 6.07) is 20.4. The second kappa shape index (κ2) is 9.37. The highest BCUT2D eigenvalue weighted by Crippen LogP contribution is 2.39. The molecule has 30 heavy (non-hydrogen) atoms. The van der Waals surface area contributed by atoms with Gasteiger partial charge in [0, 0.05) is 18.9 Å². The average molecular weight is 408 g/mol. The van der Waals surface area contributed by atoms with Crippen molar-refractivity contribution in [3.8, 4) is 11.9 Å². The van der Waals surface area contributed by atoms with Crippen LogP contribution in [0.5, 0.6) is 11.9 Å². The van der Waals surface area contributed by atoms with Crippen molar-refractivity contribution in [1.82, 2.24) is 9.97 Å². The Balaban J connectivity index is 2.21. The first kappa shape index (κ1) is 21.3. The maximum atomic E-state index is 13.0. The zero-order valence-electron chi connectivity index (χ0n) is 17.4. The summed E-state index contributed by atoms with van der Waals surface area (Å²) in [6.07, 6.45) is -1.23. The highest BCUT2D eigenvalue weighted by Gasteiger charge is 2.50. The van der Waals surface area contributed by atoms with Gasteiger partial charge in [-0.3, -0.25) is 0 Å². The molecular weight excluding hydrogens is 384 g/mol. The Kier molecular flexibility index (Phi) is 6.64. The fourth-order valence-corrected chi connectivity index (χ4v) is 3.36. The first-order valence-electron chi connectivity index (χ1n) is 9.35. The van der Waals surface area contributed by atoms with Gasteiger partial charge in [0.1, 0.15) is 0 Å². The molecule has 2 aromatic carbocycles. The van der Waals surface area contributed by atoms with Crippen LogP contribution in [0.4, 0.5) is 0 Å². The molecule has 1 unspecified atom stereocenters. The van der Waals surface area contributed by atoms with E-state index >= 15 is 0 Å². The lowest BCUT2D eigenvalue weighted by Crippen LogP contribution is -2.51. The molecule has 0 saturated heterocycles. The quantitative estimate of drug-likeness (QED) is 0.529. The van der Waals surface area contributed by atoms with Gasteiger partial charge in [0.15, 0.2) is 5.60 Å². The molecule has 0 aliphatic heterocycles. The summed E-state index contributed by atoms with van der Waals surface area (Å²) < 4.78 is 22.4. The number of hydrogen-bond donors (Lipinski definition) is 0. The number of nitrogens with zero attached hydrogens (tertiary/aromatic N) is 2. The molecule has 156 valence electrons. The van der Waals surface area contributed by atoms with Crippen molar-refractivity contribution in [2.24, 2.45) is 0 Å². The Morgan fingerprint density at radius 2 is 1.47 bits per heavy atom. The van der Waals surface area contributed by atoms with Gasteiger partial charge in [-0.05, 0) is 18.1 Å². The van der Waals surface area contributed by atoms with Gasteiger partial charge in [0.05, 0.1) is 14.2 Å². The van der Waals surface area contributed by atoms with Gasteiger partial charge in [-0.25, -0.2) is 9.78 Å². The Bertz CT molecular complexity index is 940. The Morgan fingerprint density at radius 3 is 1.93 bits per heavy atom. The molecule has 0 spiro atoms. The number of aromatic nitrogens is 2. The van der Waals surface area contributed by atoms with Gasteiger partial charge >= 0.3 is 12.0 Å². The first-order valence-corrected chi connectivity index (χ1v) is 9.35. The van der Waals surface area contributed by atoms with Gasteiger partial charge < -0.3 is 18.9 Å². The van der Waals surface area contributed by atoms with Gasteiger partial charge in [-0.1, -0.05) is 60.7 Å². The molecule has 3 rings (SSSR count). The smallest absolute Gasteiger partial charge is 0.351 e. The Hall–Kier alpha value is -3.45. The third-order valence-electron chi connectivity index (χ3n) is 4.75. The maximum absolute atomic E-state index is 13.0. The van der Waals surface area contributed by atoms with E-state index in [4.69, 9.17) is 18.9 Å². The van der Waals surface area contributed by atoms with E-state index in [-0.39, 0.29) is 6.01 Å². The molecule has 7 nitrogen and oxygen atoms in total. The molecule has 0 amide bonds. The summed E-state index contributed by atoms with van der Waals surface area (Å²) in [5.74, 6) is -0.308. The number of hydrogen-bond acceptors (Lipinski definition) is 7. The van der Waals surface area contributed by atoms with E-state index in [1.165, 1.54) is 21.3 Å².